The molecular formula is C20H19Cl3N4O2S2. The van der Waals surface area contributed by atoms with Crippen molar-refractivity contribution in [3.8, 4) is 11.8 Å². The van der Waals surface area contributed by atoms with Crippen LogP contribution in [0.15, 0.2) is 24.3 Å². The Morgan fingerprint density at radius 1 is 1.23 bits per heavy atom. The molecule has 0 saturated heterocycles. The molecule has 1 aliphatic rings. The number of nitrogens with zero attached hydrogens (tertiary/aromatic N) is 1. The number of carbonyl (C=O) groups excluding carboxylic acids is 1. The molecular weight excluding hydrogens is 499 g/mol. The molecule has 1 atom stereocenters. The Kier molecular flexibility index (Phi) is 7.89. The molecule has 0 aliphatic heterocycles. The third kappa shape index (κ3) is 5.93. The molecule has 0 fully saturated rings. The van der Waals surface area contributed by atoms with E-state index in [4.69, 9.17) is 51.8 Å². The SMILES string of the molecule is COc1ccc(C(=O)NC(NC(=S)Nc2sc3c(c2C#N)CCCC3)C(Cl)(Cl)Cl)cc1. The van der Waals surface area contributed by atoms with Gasteiger partial charge in [0.2, 0.25) is 3.79 Å². The first-order chi connectivity index (χ1) is 14.7. The Labute approximate surface area is 204 Å². The van der Waals surface area contributed by atoms with Crippen LogP contribution < -0.4 is 20.7 Å². The summed E-state index contributed by atoms with van der Waals surface area (Å²) in [7, 11) is 1.54. The molecule has 0 saturated carbocycles. The molecule has 1 aromatic carbocycles. The zero-order chi connectivity index (χ0) is 22.6. The fourth-order valence-corrected chi connectivity index (χ4v) is 5.06. The van der Waals surface area contributed by atoms with E-state index in [-0.39, 0.29) is 5.11 Å². The second-order valence-corrected chi connectivity index (χ2v) is 10.7. The molecule has 0 radical (unpaired) electrons. The summed E-state index contributed by atoms with van der Waals surface area (Å²) in [6, 6.07) is 8.75. The van der Waals surface area contributed by atoms with E-state index in [9.17, 15) is 10.1 Å². The van der Waals surface area contributed by atoms with Crippen LogP contribution in [0.4, 0.5) is 5.00 Å². The van der Waals surface area contributed by atoms with Crippen LogP contribution in [0.25, 0.3) is 0 Å². The first kappa shape index (κ1) is 23.9. The predicted molar refractivity (Wildman–Crippen MR) is 130 cm³/mol. The molecule has 1 aromatic heterocycles. The van der Waals surface area contributed by atoms with Gasteiger partial charge in [0.1, 0.15) is 23.0 Å². The number of thiocarbonyl (C=S) groups is 1. The number of halogens is 3. The van der Waals surface area contributed by atoms with Gasteiger partial charge >= 0.3 is 0 Å². The Morgan fingerprint density at radius 2 is 1.90 bits per heavy atom. The number of carbonyl (C=O) groups is 1. The summed E-state index contributed by atoms with van der Waals surface area (Å²) in [5, 5.41) is 18.8. The van der Waals surface area contributed by atoms with Crippen LogP contribution in [-0.2, 0) is 12.8 Å². The average molecular weight is 518 g/mol. The lowest BCUT2D eigenvalue weighted by Gasteiger charge is -2.27. The number of anilines is 1. The summed E-state index contributed by atoms with van der Waals surface area (Å²) < 4.78 is 3.20. The Morgan fingerprint density at radius 3 is 2.52 bits per heavy atom. The van der Waals surface area contributed by atoms with E-state index in [2.05, 4.69) is 22.0 Å². The highest BCUT2D eigenvalue weighted by molar-refractivity contribution is 7.80. The molecule has 2 aromatic rings. The lowest BCUT2D eigenvalue weighted by Crippen LogP contribution is -2.56. The minimum absolute atomic E-state index is 0.126. The zero-order valence-corrected chi connectivity index (χ0v) is 20.3. The third-order valence-corrected chi connectivity index (χ3v) is 6.82. The average Bonchev–Trinajstić information content (AvgIpc) is 3.09. The second kappa shape index (κ2) is 10.2. The molecule has 0 bridgehead atoms. The third-order valence-electron chi connectivity index (χ3n) is 4.74. The monoisotopic (exact) mass is 516 g/mol. The first-order valence-electron chi connectivity index (χ1n) is 9.36. The summed E-state index contributed by atoms with van der Waals surface area (Å²) in [6.07, 6.45) is 2.88. The lowest BCUT2D eigenvalue weighted by atomic mass is 9.96. The molecule has 3 N–H and O–H groups in total. The summed E-state index contributed by atoms with van der Waals surface area (Å²) in [6.45, 7) is 0. The maximum atomic E-state index is 12.6. The van der Waals surface area contributed by atoms with Crippen LogP contribution >= 0.6 is 58.4 Å². The lowest BCUT2D eigenvalue weighted by molar-refractivity contribution is 0.0934. The maximum Gasteiger partial charge on any atom is 0.252 e. The number of thiophene rings is 1. The minimum atomic E-state index is -1.89. The van der Waals surface area contributed by atoms with Gasteiger partial charge in [0.05, 0.1) is 12.7 Å². The zero-order valence-electron chi connectivity index (χ0n) is 16.4. The van der Waals surface area contributed by atoms with Crippen molar-refractivity contribution in [1.82, 2.24) is 10.6 Å². The van der Waals surface area contributed by atoms with Gasteiger partial charge in [-0.25, -0.2) is 0 Å². The van der Waals surface area contributed by atoms with Gasteiger partial charge < -0.3 is 20.7 Å². The van der Waals surface area contributed by atoms with Gasteiger partial charge in [0.15, 0.2) is 5.11 Å². The highest BCUT2D eigenvalue weighted by Gasteiger charge is 2.35. The molecule has 11 heteroatoms. The predicted octanol–water partition coefficient (Wildman–Crippen LogP) is 4.92. The van der Waals surface area contributed by atoms with Crippen LogP contribution in [0, 0.1) is 11.3 Å². The number of nitriles is 1. The molecule has 0 spiro atoms. The van der Waals surface area contributed by atoms with E-state index >= 15 is 0 Å². The fraction of sp³-hybridized carbons (Fsp3) is 0.350. The number of fused-ring (bicyclic) bond motifs is 1. The highest BCUT2D eigenvalue weighted by atomic mass is 35.6. The van der Waals surface area contributed by atoms with Gasteiger partial charge in [-0.15, -0.1) is 11.3 Å². The number of rotatable bonds is 5. The Hall–Kier alpha value is -1.76. The number of hydrogen-bond donors (Lipinski definition) is 3. The minimum Gasteiger partial charge on any atom is -0.497 e. The molecule has 1 amide bonds. The van der Waals surface area contributed by atoms with Crippen molar-refractivity contribution in [2.75, 3.05) is 12.4 Å². The number of amides is 1. The second-order valence-electron chi connectivity index (χ2n) is 6.80. The summed E-state index contributed by atoms with van der Waals surface area (Å²) >= 11 is 25.1. The number of benzene rings is 1. The van der Waals surface area contributed by atoms with Crippen LogP contribution in [0.2, 0.25) is 0 Å². The fourth-order valence-electron chi connectivity index (χ4n) is 3.20. The van der Waals surface area contributed by atoms with Crippen molar-refractivity contribution in [3.05, 3.63) is 45.8 Å². The molecule has 31 heavy (non-hydrogen) atoms. The van der Waals surface area contributed by atoms with E-state index in [1.807, 2.05) is 0 Å². The largest absolute Gasteiger partial charge is 0.497 e. The number of aryl methyl sites for hydroxylation is 1. The van der Waals surface area contributed by atoms with E-state index in [1.165, 1.54) is 23.3 Å². The van der Waals surface area contributed by atoms with Crippen LogP contribution in [-0.4, -0.2) is 28.1 Å². The van der Waals surface area contributed by atoms with Crippen molar-refractivity contribution in [3.63, 3.8) is 0 Å². The number of methoxy groups -OCH3 is 1. The number of alkyl halides is 3. The molecule has 1 heterocycles. The van der Waals surface area contributed by atoms with Gasteiger partial charge in [-0.3, -0.25) is 4.79 Å². The Bertz CT molecular complexity index is 1010. The standard InChI is InChI=1S/C20H19Cl3N4O2S2/c1-29-12-8-6-11(7-9-12)16(28)25-18(20(21,22)23)27-19(30)26-17-14(10-24)13-4-2-3-5-15(13)31-17/h6-9,18H,2-5H2,1H3,(H,25,28)(H2,26,27,30). The van der Waals surface area contributed by atoms with Crippen molar-refractivity contribution in [1.29, 1.82) is 5.26 Å². The molecule has 6 nitrogen and oxygen atoms in total. The van der Waals surface area contributed by atoms with Gasteiger partial charge in [0.25, 0.3) is 5.91 Å². The topological polar surface area (TPSA) is 86.2 Å². The van der Waals surface area contributed by atoms with Crippen molar-refractivity contribution in [2.45, 2.75) is 35.6 Å². The van der Waals surface area contributed by atoms with E-state index < -0.39 is 15.9 Å². The smallest absolute Gasteiger partial charge is 0.252 e. The molecule has 164 valence electrons. The molecule has 1 aliphatic carbocycles. The van der Waals surface area contributed by atoms with Gasteiger partial charge in [-0.1, -0.05) is 34.8 Å². The van der Waals surface area contributed by atoms with Gasteiger partial charge in [-0.2, -0.15) is 5.26 Å². The van der Waals surface area contributed by atoms with Gasteiger partial charge in [0, 0.05) is 10.4 Å². The number of nitrogens with one attached hydrogen (secondary N) is 3. The highest BCUT2D eigenvalue weighted by Crippen LogP contribution is 2.37. The molecule has 1 unspecified atom stereocenters. The van der Waals surface area contributed by atoms with Crippen LogP contribution in [0.5, 0.6) is 5.75 Å². The van der Waals surface area contributed by atoms with Crippen LogP contribution in [0.1, 0.15) is 39.2 Å². The van der Waals surface area contributed by atoms with Crippen molar-refractivity contribution >= 4 is 74.4 Å². The summed E-state index contributed by atoms with van der Waals surface area (Å²) in [5.41, 5.74) is 2.03. The van der Waals surface area contributed by atoms with E-state index in [0.717, 1.165) is 31.2 Å². The molecule has 3 rings (SSSR count). The Balaban J connectivity index is 1.71. The quantitative estimate of drug-likeness (QED) is 0.296. The number of ether oxygens (including phenoxy) is 1. The van der Waals surface area contributed by atoms with Crippen molar-refractivity contribution < 1.29 is 9.53 Å². The normalized spacial score (nSPS) is 14.0. The maximum absolute atomic E-state index is 12.6. The van der Waals surface area contributed by atoms with Crippen molar-refractivity contribution in [2.24, 2.45) is 0 Å². The number of hydrogen-bond acceptors (Lipinski definition) is 5. The van der Waals surface area contributed by atoms with E-state index in [0.29, 0.717) is 21.9 Å². The van der Waals surface area contributed by atoms with E-state index in [1.54, 1.807) is 24.3 Å². The van der Waals surface area contributed by atoms with Crippen LogP contribution in [0.3, 0.4) is 0 Å². The first-order valence-corrected chi connectivity index (χ1v) is 11.7. The summed E-state index contributed by atoms with van der Waals surface area (Å²) in [4.78, 5) is 13.8. The van der Waals surface area contributed by atoms with Gasteiger partial charge in [-0.05, 0) is 67.7 Å². The summed E-state index contributed by atoms with van der Waals surface area (Å²) in [5.74, 6) is 0.156.